The Morgan fingerprint density at radius 2 is 1.65 bits per heavy atom. The largest absolute Gasteiger partial charge is 0.416 e. The normalized spacial score (nSPS) is 12.1. The second-order valence-electron chi connectivity index (χ2n) is 4.63. The topological polar surface area (TPSA) is 21.6 Å². The minimum absolute atomic E-state index is 0.0369. The molecule has 2 aromatic rings. The van der Waals surface area contributed by atoms with Gasteiger partial charge in [-0.25, -0.2) is 8.78 Å². The zero-order valence-corrected chi connectivity index (χ0v) is 11.7. The molecule has 0 radical (unpaired) electrons. The van der Waals surface area contributed by atoms with Crippen LogP contribution in [0.15, 0.2) is 53.7 Å². The first-order chi connectivity index (χ1) is 10.9. The number of alkyl halides is 5. The summed E-state index contributed by atoms with van der Waals surface area (Å²) in [5.41, 5.74) is -0.442. The Balaban J connectivity index is 1.97. The molecule has 23 heavy (non-hydrogen) atoms. The van der Waals surface area contributed by atoms with E-state index in [1.807, 2.05) is 0 Å². The standard InChI is InChI=1S/C16H12F5NO/c17-15(18)12-7-5-11(6-8-12)9-22-23-10-13-3-1-2-4-14(13)16(19,20)21/h1-9,15H,10H2. The third-order valence-electron chi connectivity index (χ3n) is 3.01. The molecule has 0 spiro atoms. The molecule has 0 aliphatic heterocycles. The molecule has 2 aromatic carbocycles. The smallest absolute Gasteiger partial charge is 0.391 e. The molecular formula is C16H12F5NO. The molecule has 7 heteroatoms. The summed E-state index contributed by atoms with van der Waals surface area (Å²) in [7, 11) is 0. The van der Waals surface area contributed by atoms with Gasteiger partial charge in [0.2, 0.25) is 0 Å². The Kier molecular flexibility index (Phi) is 5.31. The fourth-order valence-corrected chi connectivity index (χ4v) is 1.86. The summed E-state index contributed by atoms with van der Waals surface area (Å²) in [4.78, 5) is 4.86. The van der Waals surface area contributed by atoms with Crippen molar-refractivity contribution in [1.29, 1.82) is 0 Å². The van der Waals surface area contributed by atoms with Crippen LogP contribution in [0.2, 0.25) is 0 Å². The SMILES string of the molecule is FC(F)c1ccc(C=NOCc2ccccc2C(F)(F)F)cc1. The molecule has 0 fully saturated rings. The van der Waals surface area contributed by atoms with Crippen molar-refractivity contribution < 1.29 is 26.8 Å². The van der Waals surface area contributed by atoms with Gasteiger partial charge in [-0.1, -0.05) is 47.6 Å². The van der Waals surface area contributed by atoms with Crippen molar-refractivity contribution in [3.8, 4) is 0 Å². The van der Waals surface area contributed by atoms with Crippen molar-refractivity contribution >= 4 is 6.21 Å². The average molecular weight is 329 g/mol. The zero-order valence-electron chi connectivity index (χ0n) is 11.7. The number of hydrogen-bond donors (Lipinski definition) is 0. The van der Waals surface area contributed by atoms with Crippen LogP contribution in [0.25, 0.3) is 0 Å². The summed E-state index contributed by atoms with van der Waals surface area (Å²) >= 11 is 0. The Labute approximate surface area is 129 Å². The van der Waals surface area contributed by atoms with Crippen LogP contribution in [-0.4, -0.2) is 6.21 Å². The van der Waals surface area contributed by atoms with Gasteiger partial charge in [0.1, 0.15) is 6.61 Å². The third kappa shape index (κ3) is 4.77. The highest BCUT2D eigenvalue weighted by Crippen LogP contribution is 2.32. The summed E-state index contributed by atoms with van der Waals surface area (Å²) in [5, 5.41) is 3.55. The van der Waals surface area contributed by atoms with E-state index in [0.29, 0.717) is 5.56 Å². The first-order valence-electron chi connectivity index (χ1n) is 6.56. The van der Waals surface area contributed by atoms with Gasteiger partial charge in [-0.05, 0) is 11.6 Å². The van der Waals surface area contributed by atoms with E-state index in [4.69, 9.17) is 4.84 Å². The van der Waals surface area contributed by atoms with Gasteiger partial charge in [0, 0.05) is 11.1 Å². The molecular weight excluding hydrogens is 317 g/mol. The van der Waals surface area contributed by atoms with Gasteiger partial charge in [0.15, 0.2) is 0 Å². The molecule has 0 N–H and O–H groups in total. The maximum Gasteiger partial charge on any atom is 0.416 e. The van der Waals surface area contributed by atoms with Crippen molar-refractivity contribution in [3.05, 3.63) is 70.8 Å². The lowest BCUT2D eigenvalue weighted by atomic mass is 10.1. The fraction of sp³-hybridized carbons (Fsp3) is 0.188. The van der Waals surface area contributed by atoms with E-state index in [1.165, 1.54) is 48.7 Å². The van der Waals surface area contributed by atoms with Crippen LogP contribution in [0, 0.1) is 0 Å². The van der Waals surface area contributed by atoms with Gasteiger partial charge in [-0.3, -0.25) is 0 Å². The first kappa shape index (κ1) is 16.9. The minimum atomic E-state index is -4.46. The monoisotopic (exact) mass is 329 g/mol. The number of rotatable bonds is 5. The van der Waals surface area contributed by atoms with Crippen LogP contribution >= 0.6 is 0 Å². The minimum Gasteiger partial charge on any atom is -0.391 e. The van der Waals surface area contributed by atoms with Crippen molar-refractivity contribution in [2.45, 2.75) is 19.2 Å². The van der Waals surface area contributed by atoms with Crippen LogP contribution in [0.4, 0.5) is 22.0 Å². The summed E-state index contributed by atoms with van der Waals surface area (Å²) < 4.78 is 63.1. The molecule has 0 aliphatic rings. The molecule has 2 nitrogen and oxygen atoms in total. The second-order valence-corrected chi connectivity index (χ2v) is 4.63. The Morgan fingerprint density at radius 3 is 2.26 bits per heavy atom. The molecule has 0 heterocycles. The van der Waals surface area contributed by atoms with E-state index in [-0.39, 0.29) is 17.7 Å². The highest BCUT2D eigenvalue weighted by atomic mass is 19.4. The average Bonchev–Trinajstić information content (AvgIpc) is 2.51. The van der Waals surface area contributed by atoms with Crippen molar-refractivity contribution in [1.82, 2.24) is 0 Å². The van der Waals surface area contributed by atoms with Crippen LogP contribution in [0.1, 0.15) is 28.7 Å². The summed E-state index contributed by atoms with van der Waals surface area (Å²) in [6.07, 6.45) is -5.78. The first-order valence-corrected chi connectivity index (χ1v) is 6.56. The van der Waals surface area contributed by atoms with Crippen molar-refractivity contribution in [2.24, 2.45) is 5.16 Å². The summed E-state index contributed by atoms with van der Waals surface area (Å²) in [5.74, 6) is 0. The Hall–Kier alpha value is -2.44. The highest BCUT2D eigenvalue weighted by Gasteiger charge is 2.32. The molecule has 0 atom stereocenters. The lowest BCUT2D eigenvalue weighted by Gasteiger charge is -2.11. The lowest BCUT2D eigenvalue weighted by molar-refractivity contribution is -0.138. The Morgan fingerprint density at radius 1 is 1.00 bits per heavy atom. The van der Waals surface area contributed by atoms with Gasteiger partial charge in [0.25, 0.3) is 6.43 Å². The third-order valence-corrected chi connectivity index (χ3v) is 3.01. The molecule has 0 aliphatic carbocycles. The van der Waals surface area contributed by atoms with Gasteiger partial charge >= 0.3 is 6.18 Å². The van der Waals surface area contributed by atoms with Crippen molar-refractivity contribution in [3.63, 3.8) is 0 Å². The maximum atomic E-state index is 12.8. The van der Waals surface area contributed by atoms with E-state index in [1.54, 1.807) is 0 Å². The molecule has 0 saturated heterocycles. The predicted octanol–water partition coefficient (Wildman–Crippen LogP) is 5.19. The van der Waals surface area contributed by atoms with Gasteiger partial charge < -0.3 is 4.84 Å². The van der Waals surface area contributed by atoms with E-state index in [0.717, 1.165) is 6.07 Å². The van der Waals surface area contributed by atoms with Gasteiger partial charge in [0.05, 0.1) is 11.8 Å². The molecule has 122 valence electrons. The van der Waals surface area contributed by atoms with Crippen LogP contribution in [0.3, 0.4) is 0 Å². The number of oxime groups is 1. The van der Waals surface area contributed by atoms with E-state index in [9.17, 15) is 22.0 Å². The van der Waals surface area contributed by atoms with Crippen LogP contribution < -0.4 is 0 Å². The van der Waals surface area contributed by atoms with E-state index >= 15 is 0 Å². The van der Waals surface area contributed by atoms with E-state index < -0.39 is 18.2 Å². The molecule has 0 bridgehead atoms. The molecule has 2 rings (SSSR count). The number of hydrogen-bond acceptors (Lipinski definition) is 2. The van der Waals surface area contributed by atoms with E-state index in [2.05, 4.69) is 5.16 Å². The molecule has 0 amide bonds. The summed E-state index contributed by atoms with van der Waals surface area (Å²) in [6.45, 7) is -0.346. The van der Waals surface area contributed by atoms with Gasteiger partial charge in [-0.15, -0.1) is 0 Å². The molecule has 0 unspecified atom stereocenters. The van der Waals surface area contributed by atoms with Crippen molar-refractivity contribution in [2.75, 3.05) is 0 Å². The second kappa shape index (κ2) is 7.21. The number of benzene rings is 2. The summed E-state index contributed by atoms with van der Waals surface area (Å²) in [6, 6.07) is 10.3. The predicted molar refractivity (Wildman–Crippen MR) is 75.2 cm³/mol. The van der Waals surface area contributed by atoms with Crippen LogP contribution in [0.5, 0.6) is 0 Å². The zero-order chi connectivity index (χ0) is 16.9. The fourth-order valence-electron chi connectivity index (χ4n) is 1.86. The molecule has 0 aromatic heterocycles. The molecule has 0 saturated carbocycles. The lowest BCUT2D eigenvalue weighted by Crippen LogP contribution is -2.09. The Bertz CT molecular complexity index is 665. The maximum absolute atomic E-state index is 12.8. The number of halogens is 5. The van der Waals surface area contributed by atoms with Crippen LogP contribution in [-0.2, 0) is 17.6 Å². The quantitative estimate of drug-likeness (QED) is 0.420. The number of nitrogens with zero attached hydrogens (tertiary/aromatic N) is 1. The van der Waals surface area contributed by atoms with Gasteiger partial charge in [-0.2, -0.15) is 13.2 Å². The highest BCUT2D eigenvalue weighted by molar-refractivity contribution is 5.79.